The van der Waals surface area contributed by atoms with Gasteiger partial charge in [0.2, 0.25) is 11.8 Å². The highest BCUT2D eigenvalue weighted by Gasteiger charge is 2.16. The van der Waals surface area contributed by atoms with Gasteiger partial charge in [-0.25, -0.2) is 0 Å². The van der Waals surface area contributed by atoms with Crippen molar-refractivity contribution in [3.63, 3.8) is 0 Å². The number of amides is 2. The number of carbonyl (C=O) groups excluding carboxylic acids is 2. The molecule has 3 N–H and O–H groups in total. The standard InChI is InChI=1S/C16H23N3O2/c17-14-6-4-5-13(11-14)7-8-15(20)18-12-16(21)19-9-2-1-3-10-19/h4-6,11H,1-3,7-10,12,17H2,(H,18,20). The largest absolute Gasteiger partial charge is 0.399 e. The highest BCUT2D eigenvalue weighted by molar-refractivity contribution is 5.84. The van der Waals surface area contributed by atoms with Gasteiger partial charge in [0, 0.05) is 25.2 Å². The number of benzene rings is 1. The van der Waals surface area contributed by atoms with Crippen LogP contribution in [0.2, 0.25) is 0 Å². The summed E-state index contributed by atoms with van der Waals surface area (Å²) in [7, 11) is 0. The molecule has 5 heteroatoms. The first-order valence-corrected chi connectivity index (χ1v) is 7.54. The molecule has 0 unspecified atom stereocenters. The maximum Gasteiger partial charge on any atom is 0.241 e. The first-order valence-electron chi connectivity index (χ1n) is 7.54. The van der Waals surface area contributed by atoms with Gasteiger partial charge in [-0.15, -0.1) is 0 Å². The minimum atomic E-state index is -0.0946. The zero-order valence-electron chi connectivity index (χ0n) is 12.3. The molecule has 0 saturated carbocycles. The molecule has 1 heterocycles. The number of likely N-dealkylation sites (tertiary alicyclic amines) is 1. The van der Waals surface area contributed by atoms with Gasteiger partial charge in [-0.3, -0.25) is 9.59 Å². The molecule has 1 aliphatic heterocycles. The van der Waals surface area contributed by atoms with Crippen molar-refractivity contribution in [1.82, 2.24) is 10.2 Å². The number of anilines is 1. The van der Waals surface area contributed by atoms with Crippen molar-refractivity contribution in [2.24, 2.45) is 0 Å². The first-order chi connectivity index (χ1) is 10.1. The van der Waals surface area contributed by atoms with Crippen molar-refractivity contribution in [3.8, 4) is 0 Å². The average Bonchev–Trinajstić information content (AvgIpc) is 2.51. The van der Waals surface area contributed by atoms with E-state index >= 15 is 0 Å². The highest BCUT2D eigenvalue weighted by Crippen LogP contribution is 2.09. The minimum Gasteiger partial charge on any atom is -0.399 e. The van der Waals surface area contributed by atoms with Gasteiger partial charge in [-0.1, -0.05) is 12.1 Å². The van der Waals surface area contributed by atoms with E-state index in [-0.39, 0.29) is 18.4 Å². The predicted molar refractivity (Wildman–Crippen MR) is 82.6 cm³/mol. The molecule has 1 fully saturated rings. The van der Waals surface area contributed by atoms with Gasteiger partial charge < -0.3 is 16.0 Å². The Bertz CT molecular complexity index is 496. The lowest BCUT2D eigenvalue weighted by Crippen LogP contribution is -2.42. The maximum atomic E-state index is 11.9. The Morgan fingerprint density at radius 3 is 2.67 bits per heavy atom. The number of aryl methyl sites for hydroxylation is 1. The molecule has 2 amide bonds. The zero-order valence-corrected chi connectivity index (χ0v) is 12.3. The summed E-state index contributed by atoms with van der Waals surface area (Å²) in [6.07, 6.45) is 4.33. The molecule has 0 aliphatic carbocycles. The topological polar surface area (TPSA) is 75.4 Å². The summed E-state index contributed by atoms with van der Waals surface area (Å²) in [6.45, 7) is 1.74. The fourth-order valence-corrected chi connectivity index (χ4v) is 2.52. The number of piperidine rings is 1. The molecule has 1 aromatic rings. The van der Waals surface area contributed by atoms with E-state index in [0.29, 0.717) is 18.5 Å². The minimum absolute atomic E-state index is 0.0204. The number of nitrogens with zero attached hydrogens (tertiary/aromatic N) is 1. The predicted octanol–water partition coefficient (Wildman–Crippen LogP) is 1.33. The summed E-state index contributed by atoms with van der Waals surface area (Å²) in [4.78, 5) is 25.5. The number of hydrogen-bond acceptors (Lipinski definition) is 3. The molecular formula is C16H23N3O2. The van der Waals surface area contributed by atoms with E-state index in [1.165, 1.54) is 6.42 Å². The normalized spacial score (nSPS) is 14.8. The lowest BCUT2D eigenvalue weighted by molar-refractivity contribution is -0.133. The molecule has 0 radical (unpaired) electrons. The van der Waals surface area contributed by atoms with E-state index in [1.807, 2.05) is 29.2 Å². The third kappa shape index (κ3) is 5.10. The summed E-state index contributed by atoms with van der Waals surface area (Å²) < 4.78 is 0. The van der Waals surface area contributed by atoms with Crippen LogP contribution in [0, 0.1) is 0 Å². The van der Waals surface area contributed by atoms with Gasteiger partial charge in [0.1, 0.15) is 0 Å². The SMILES string of the molecule is Nc1cccc(CCC(=O)NCC(=O)N2CCCCC2)c1. The molecule has 2 rings (SSSR count). The molecule has 0 spiro atoms. The Balaban J connectivity index is 1.68. The van der Waals surface area contributed by atoms with Crippen LogP contribution in [0.5, 0.6) is 0 Å². The van der Waals surface area contributed by atoms with Crippen LogP contribution in [-0.4, -0.2) is 36.3 Å². The van der Waals surface area contributed by atoms with Crippen molar-refractivity contribution in [3.05, 3.63) is 29.8 Å². The number of hydrogen-bond donors (Lipinski definition) is 2. The van der Waals surface area contributed by atoms with Crippen LogP contribution in [0.4, 0.5) is 5.69 Å². The third-order valence-corrected chi connectivity index (χ3v) is 3.74. The molecule has 114 valence electrons. The third-order valence-electron chi connectivity index (χ3n) is 3.74. The Labute approximate surface area is 125 Å². The van der Waals surface area contributed by atoms with Gasteiger partial charge in [0.05, 0.1) is 6.54 Å². The fraction of sp³-hybridized carbons (Fsp3) is 0.500. The van der Waals surface area contributed by atoms with E-state index in [0.717, 1.165) is 31.5 Å². The molecule has 5 nitrogen and oxygen atoms in total. The number of nitrogen functional groups attached to an aromatic ring is 1. The van der Waals surface area contributed by atoms with Crippen molar-refractivity contribution >= 4 is 17.5 Å². The molecule has 0 bridgehead atoms. The van der Waals surface area contributed by atoms with Crippen LogP contribution < -0.4 is 11.1 Å². The number of nitrogens with one attached hydrogen (secondary N) is 1. The van der Waals surface area contributed by atoms with E-state index in [4.69, 9.17) is 5.73 Å². The summed E-state index contributed by atoms with van der Waals surface area (Å²) in [6, 6.07) is 7.51. The highest BCUT2D eigenvalue weighted by atomic mass is 16.2. The quantitative estimate of drug-likeness (QED) is 0.803. The molecule has 1 aromatic carbocycles. The Hall–Kier alpha value is -2.04. The van der Waals surface area contributed by atoms with Gasteiger partial charge in [0.15, 0.2) is 0 Å². The van der Waals surface area contributed by atoms with Crippen LogP contribution in [-0.2, 0) is 16.0 Å². The van der Waals surface area contributed by atoms with Crippen molar-refractivity contribution < 1.29 is 9.59 Å². The monoisotopic (exact) mass is 289 g/mol. The molecule has 0 atom stereocenters. The van der Waals surface area contributed by atoms with E-state index in [2.05, 4.69) is 5.32 Å². The summed E-state index contributed by atoms with van der Waals surface area (Å²) >= 11 is 0. The summed E-state index contributed by atoms with van der Waals surface area (Å²) in [5, 5.41) is 2.70. The van der Waals surface area contributed by atoms with Crippen molar-refractivity contribution in [1.29, 1.82) is 0 Å². The summed E-state index contributed by atoms with van der Waals surface area (Å²) in [5.41, 5.74) is 7.43. The van der Waals surface area contributed by atoms with E-state index < -0.39 is 0 Å². The van der Waals surface area contributed by atoms with Gasteiger partial charge in [-0.05, 0) is 43.4 Å². The maximum absolute atomic E-state index is 11.9. The number of nitrogens with two attached hydrogens (primary N) is 1. The van der Waals surface area contributed by atoms with Crippen molar-refractivity contribution in [2.45, 2.75) is 32.1 Å². The number of rotatable bonds is 5. The van der Waals surface area contributed by atoms with Gasteiger partial charge in [-0.2, -0.15) is 0 Å². The van der Waals surface area contributed by atoms with Crippen LogP contribution in [0.15, 0.2) is 24.3 Å². The molecular weight excluding hydrogens is 266 g/mol. The second-order valence-electron chi connectivity index (χ2n) is 5.46. The molecule has 1 saturated heterocycles. The second-order valence-corrected chi connectivity index (χ2v) is 5.46. The zero-order chi connectivity index (χ0) is 15.1. The number of carbonyl (C=O) groups is 2. The Morgan fingerprint density at radius 2 is 1.95 bits per heavy atom. The van der Waals surface area contributed by atoms with Crippen LogP contribution >= 0.6 is 0 Å². The van der Waals surface area contributed by atoms with Crippen LogP contribution in [0.1, 0.15) is 31.2 Å². The van der Waals surface area contributed by atoms with Crippen molar-refractivity contribution in [2.75, 3.05) is 25.4 Å². The average molecular weight is 289 g/mol. The lowest BCUT2D eigenvalue weighted by Gasteiger charge is -2.26. The molecule has 21 heavy (non-hydrogen) atoms. The lowest BCUT2D eigenvalue weighted by atomic mass is 10.1. The smallest absolute Gasteiger partial charge is 0.241 e. The Kier molecular flexibility index (Phi) is 5.60. The van der Waals surface area contributed by atoms with E-state index in [9.17, 15) is 9.59 Å². The van der Waals surface area contributed by atoms with Gasteiger partial charge in [0.25, 0.3) is 0 Å². The van der Waals surface area contributed by atoms with Crippen LogP contribution in [0.25, 0.3) is 0 Å². The van der Waals surface area contributed by atoms with Gasteiger partial charge >= 0.3 is 0 Å². The van der Waals surface area contributed by atoms with Crippen LogP contribution in [0.3, 0.4) is 0 Å². The molecule has 1 aliphatic rings. The summed E-state index contributed by atoms with van der Waals surface area (Å²) in [5.74, 6) is -0.0743. The molecule has 0 aromatic heterocycles. The second kappa shape index (κ2) is 7.67. The fourth-order valence-electron chi connectivity index (χ4n) is 2.52. The Morgan fingerprint density at radius 1 is 1.19 bits per heavy atom. The first kappa shape index (κ1) is 15.4. The van der Waals surface area contributed by atoms with E-state index in [1.54, 1.807) is 0 Å².